The van der Waals surface area contributed by atoms with E-state index < -0.39 is 21.9 Å². The van der Waals surface area contributed by atoms with E-state index in [0.29, 0.717) is 36.5 Å². The molecule has 0 spiro atoms. The van der Waals surface area contributed by atoms with E-state index in [2.05, 4.69) is 5.32 Å². The summed E-state index contributed by atoms with van der Waals surface area (Å²) in [7, 11) is -1.02. The molecule has 33 heavy (non-hydrogen) atoms. The number of methoxy groups -OCH3 is 2. The highest BCUT2D eigenvalue weighted by Gasteiger charge is 2.29. The van der Waals surface area contributed by atoms with Gasteiger partial charge in [0.05, 0.1) is 32.3 Å². The van der Waals surface area contributed by atoms with E-state index >= 15 is 0 Å². The Kier molecular flexibility index (Phi) is 8.06. The minimum absolute atomic E-state index is 0.133. The van der Waals surface area contributed by atoms with Gasteiger partial charge in [0.25, 0.3) is 5.91 Å². The third-order valence-electron chi connectivity index (χ3n) is 5.42. The molecule has 0 aromatic heterocycles. The van der Waals surface area contributed by atoms with E-state index in [1.54, 1.807) is 30.3 Å². The van der Waals surface area contributed by atoms with Gasteiger partial charge in [-0.2, -0.15) is 4.31 Å². The number of hydrogen-bond donors (Lipinski definition) is 1. The maximum absolute atomic E-state index is 13.2. The van der Waals surface area contributed by atoms with E-state index in [1.165, 1.54) is 24.6 Å². The van der Waals surface area contributed by atoms with Gasteiger partial charge in [-0.3, -0.25) is 4.79 Å². The van der Waals surface area contributed by atoms with Crippen LogP contribution < -0.4 is 10.1 Å². The highest BCUT2D eigenvalue weighted by Crippen LogP contribution is 2.24. The number of sulfonamides is 1. The molecule has 3 rings (SSSR count). The number of ether oxygens (including phenoxy) is 3. The molecule has 2 aromatic carbocycles. The molecule has 1 amide bonds. The fraction of sp³-hybridized carbons (Fsp3) is 0.391. The number of nitrogens with one attached hydrogen (secondary N) is 1. The fourth-order valence-electron chi connectivity index (χ4n) is 3.57. The van der Waals surface area contributed by atoms with Crippen molar-refractivity contribution in [2.24, 2.45) is 0 Å². The molecule has 1 aliphatic heterocycles. The summed E-state index contributed by atoms with van der Waals surface area (Å²) in [5.41, 5.74) is 1.80. The summed E-state index contributed by atoms with van der Waals surface area (Å²) in [5, 5.41) is 2.77. The van der Waals surface area contributed by atoms with E-state index in [4.69, 9.17) is 14.2 Å². The van der Waals surface area contributed by atoms with Gasteiger partial charge >= 0.3 is 5.97 Å². The number of esters is 1. The number of carbonyl (C=O) groups is 2. The van der Waals surface area contributed by atoms with Gasteiger partial charge in [0.2, 0.25) is 10.0 Å². The van der Waals surface area contributed by atoms with Gasteiger partial charge in [0.1, 0.15) is 11.3 Å². The number of amides is 1. The predicted molar refractivity (Wildman–Crippen MR) is 121 cm³/mol. The smallest absolute Gasteiger partial charge is 0.341 e. The molecule has 1 aliphatic rings. The lowest BCUT2D eigenvalue weighted by Gasteiger charge is -2.27. The second kappa shape index (κ2) is 10.8. The Balaban J connectivity index is 1.81. The van der Waals surface area contributed by atoms with Crippen LogP contribution in [0.4, 0.5) is 0 Å². The first kappa shape index (κ1) is 24.7. The van der Waals surface area contributed by atoms with Crippen LogP contribution in [0.3, 0.4) is 0 Å². The molecule has 1 N–H and O–H groups in total. The number of morpholine rings is 1. The maximum Gasteiger partial charge on any atom is 0.341 e. The molecule has 10 heteroatoms. The van der Waals surface area contributed by atoms with Crippen LogP contribution in [0.25, 0.3) is 0 Å². The number of carbonyl (C=O) groups excluding carboxylic acids is 2. The molecule has 0 atom stereocenters. The van der Waals surface area contributed by atoms with Crippen LogP contribution in [0.2, 0.25) is 0 Å². The second-order valence-corrected chi connectivity index (χ2v) is 9.31. The van der Waals surface area contributed by atoms with Crippen LogP contribution in [0.15, 0.2) is 41.3 Å². The zero-order chi connectivity index (χ0) is 24.0. The third-order valence-corrected chi connectivity index (χ3v) is 7.40. The third kappa shape index (κ3) is 5.52. The van der Waals surface area contributed by atoms with Crippen molar-refractivity contribution in [3.63, 3.8) is 0 Å². The van der Waals surface area contributed by atoms with Crippen molar-refractivity contribution >= 4 is 21.9 Å². The predicted octanol–water partition coefficient (Wildman–Crippen LogP) is 2.00. The Morgan fingerprint density at radius 3 is 2.45 bits per heavy atom. The highest BCUT2D eigenvalue weighted by molar-refractivity contribution is 7.89. The molecular weight excluding hydrogens is 448 g/mol. The van der Waals surface area contributed by atoms with Gasteiger partial charge in [-0.05, 0) is 41.8 Å². The number of aryl methyl sites for hydroxylation is 1. The molecule has 0 unspecified atom stereocenters. The largest absolute Gasteiger partial charge is 0.496 e. The van der Waals surface area contributed by atoms with Crippen LogP contribution in [0.1, 0.15) is 38.8 Å². The van der Waals surface area contributed by atoms with Crippen LogP contribution in [-0.2, 0) is 32.5 Å². The molecule has 1 fully saturated rings. The Morgan fingerprint density at radius 1 is 1.09 bits per heavy atom. The monoisotopic (exact) mass is 476 g/mol. The molecule has 0 radical (unpaired) electrons. The first-order valence-corrected chi connectivity index (χ1v) is 12.0. The van der Waals surface area contributed by atoms with Gasteiger partial charge in [0, 0.05) is 25.2 Å². The molecular formula is C23H28N2O7S. The summed E-state index contributed by atoms with van der Waals surface area (Å²) in [4.78, 5) is 24.9. The Labute approximate surface area is 193 Å². The first-order chi connectivity index (χ1) is 15.8. The van der Waals surface area contributed by atoms with Gasteiger partial charge in [-0.15, -0.1) is 0 Å². The topological polar surface area (TPSA) is 111 Å². The van der Waals surface area contributed by atoms with Crippen molar-refractivity contribution in [3.05, 3.63) is 58.7 Å². The van der Waals surface area contributed by atoms with E-state index in [0.717, 1.165) is 0 Å². The molecule has 0 saturated carbocycles. The molecule has 178 valence electrons. The van der Waals surface area contributed by atoms with Crippen molar-refractivity contribution in [2.75, 3.05) is 40.5 Å². The summed E-state index contributed by atoms with van der Waals surface area (Å²) in [6.07, 6.45) is 0.517. The standard InChI is InChI=1S/C23H28N2O7S/c1-4-17-6-7-18(14-21(17)33(28,29)25-9-11-32-12-10-25)22(26)24-15-16-5-8-20(30-2)19(13-16)23(27)31-3/h5-8,13-14H,4,9-12,15H2,1-3H3,(H,24,26). The minimum atomic E-state index is -3.75. The van der Waals surface area contributed by atoms with E-state index in [9.17, 15) is 18.0 Å². The van der Waals surface area contributed by atoms with Crippen molar-refractivity contribution < 1.29 is 32.2 Å². The summed E-state index contributed by atoms with van der Waals surface area (Å²) < 4.78 is 43.0. The van der Waals surface area contributed by atoms with E-state index in [-0.39, 0.29) is 35.7 Å². The number of benzene rings is 2. The first-order valence-electron chi connectivity index (χ1n) is 10.6. The zero-order valence-corrected chi connectivity index (χ0v) is 19.7. The molecule has 2 aromatic rings. The lowest BCUT2D eigenvalue weighted by Crippen LogP contribution is -2.41. The molecule has 9 nitrogen and oxygen atoms in total. The van der Waals surface area contributed by atoms with Gasteiger partial charge in [0.15, 0.2) is 0 Å². The Bertz CT molecular complexity index is 1130. The fourth-order valence-corrected chi connectivity index (χ4v) is 5.30. The van der Waals surface area contributed by atoms with Crippen molar-refractivity contribution in [3.8, 4) is 5.75 Å². The molecule has 0 bridgehead atoms. The SMILES string of the molecule is CCc1ccc(C(=O)NCc2ccc(OC)c(C(=O)OC)c2)cc1S(=O)(=O)N1CCOCC1. The van der Waals surface area contributed by atoms with Gasteiger partial charge < -0.3 is 19.5 Å². The normalized spacial score (nSPS) is 14.5. The average molecular weight is 477 g/mol. The highest BCUT2D eigenvalue weighted by atomic mass is 32.2. The van der Waals surface area contributed by atoms with E-state index in [1.807, 2.05) is 6.92 Å². The summed E-state index contributed by atoms with van der Waals surface area (Å²) in [5.74, 6) is -0.607. The maximum atomic E-state index is 13.2. The van der Waals surface area contributed by atoms with Crippen molar-refractivity contribution in [2.45, 2.75) is 24.8 Å². The lowest BCUT2D eigenvalue weighted by atomic mass is 10.1. The molecule has 1 saturated heterocycles. The zero-order valence-electron chi connectivity index (χ0n) is 18.9. The molecule has 1 heterocycles. The number of hydrogen-bond acceptors (Lipinski definition) is 7. The summed E-state index contributed by atoms with van der Waals surface area (Å²) >= 11 is 0. The van der Waals surface area contributed by atoms with Crippen molar-refractivity contribution in [1.29, 1.82) is 0 Å². The summed E-state index contributed by atoms with van der Waals surface area (Å²) in [6, 6.07) is 9.63. The average Bonchev–Trinajstić information content (AvgIpc) is 2.86. The van der Waals surface area contributed by atoms with Crippen LogP contribution in [-0.4, -0.2) is 65.1 Å². The van der Waals surface area contributed by atoms with Crippen molar-refractivity contribution in [1.82, 2.24) is 9.62 Å². The van der Waals surface area contributed by atoms with Crippen LogP contribution >= 0.6 is 0 Å². The lowest BCUT2D eigenvalue weighted by molar-refractivity contribution is 0.0597. The quantitative estimate of drug-likeness (QED) is 0.580. The van der Waals surface area contributed by atoms with Crippen LogP contribution in [0.5, 0.6) is 5.75 Å². The minimum Gasteiger partial charge on any atom is -0.496 e. The van der Waals surface area contributed by atoms with Crippen LogP contribution in [0, 0.1) is 0 Å². The molecule has 0 aliphatic carbocycles. The summed E-state index contributed by atoms with van der Waals surface area (Å²) in [6.45, 7) is 3.25. The number of nitrogens with zero attached hydrogens (tertiary/aromatic N) is 1. The number of rotatable bonds is 8. The second-order valence-electron chi connectivity index (χ2n) is 7.40. The van der Waals surface area contributed by atoms with Gasteiger partial charge in [-0.1, -0.05) is 19.1 Å². The van der Waals surface area contributed by atoms with Gasteiger partial charge in [-0.25, -0.2) is 13.2 Å². The Hall–Kier alpha value is -2.95. The Morgan fingerprint density at radius 2 is 1.82 bits per heavy atom.